The minimum Gasteiger partial charge on any atom is -0.350 e. The maximum atomic E-state index is 13.7. The van der Waals surface area contributed by atoms with E-state index in [4.69, 9.17) is 9.57 Å². The van der Waals surface area contributed by atoms with Crippen LogP contribution in [0.4, 0.5) is 10.3 Å². The van der Waals surface area contributed by atoms with E-state index in [1.165, 1.54) is 18.5 Å². The molecule has 2 saturated heterocycles. The van der Waals surface area contributed by atoms with Crippen LogP contribution in [0, 0.1) is 11.7 Å². The standard InChI is InChI=1S/C26H33FN6O3/c1-32-17-20(22-12-21(27)5-6-23(22)32)14-28-13-18-7-9-33(10-8-18)26-29-15-19(16-30-26)25(34)31-36-24-4-2-3-11-35-24/h5-6,12,15-18,24,28H,2-4,7-11,13-14H2,1H3,(H,31,34). The molecular weight excluding hydrogens is 463 g/mol. The predicted octanol–water partition coefficient (Wildman–Crippen LogP) is 3.30. The molecule has 36 heavy (non-hydrogen) atoms. The van der Waals surface area contributed by atoms with Crippen molar-refractivity contribution in [2.45, 2.75) is 44.9 Å². The van der Waals surface area contributed by atoms with Gasteiger partial charge in [-0.15, -0.1) is 0 Å². The Labute approximate surface area is 209 Å². The van der Waals surface area contributed by atoms with Crippen molar-refractivity contribution < 1.29 is 18.8 Å². The van der Waals surface area contributed by atoms with Crippen LogP contribution in [0.2, 0.25) is 0 Å². The van der Waals surface area contributed by atoms with E-state index >= 15 is 0 Å². The molecule has 9 nitrogen and oxygen atoms in total. The van der Waals surface area contributed by atoms with Crippen LogP contribution in [0.25, 0.3) is 10.9 Å². The Balaban J connectivity index is 1.06. The minimum absolute atomic E-state index is 0.208. The molecule has 0 spiro atoms. The zero-order valence-corrected chi connectivity index (χ0v) is 20.6. The molecule has 2 aliphatic rings. The van der Waals surface area contributed by atoms with Gasteiger partial charge in [-0.25, -0.2) is 24.7 Å². The summed E-state index contributed by atoms with van der Waals surface area (Å²) in [5.41, 5.74) is 4.93. The maximum absolute atomic E-state index is 13.7. The van der Waals surface area contributed by atoms with Gasteiger partial charge in [-0.3, -0.25) is 4.79 Å². The lowest BCUT2D eigenvalue weighted by molar-refractivity contribution is -0.186. The first-order valence-corrected chi connectivity index (χ1v) is 12.7. The van der Waals surface area contributed by atoms with Gasteiger partial charge in [-0.05, 0) is 61.9 Å². The number of rotatable bonds is 8. The lowest BCUT2D eigenvalue weighted by Crippen LogP contribution is -2.38. The number of ether oxygens (including phenoxy) is 1. The Kier molecular flexibility index (Phi) is 7.74. The summed E-state index contributed by atoms with van der Waals surface area (Å²) in [4.78, 5) is 28.6. The number of fused-ring (bicyclic) bond motifs is 1. The smallest absolute Gasteiger partial charge is 0.278 e. The van der Waals surface area contributed by atoms with Crippen LogP contribution in [0.15, 0.2) is 36.8 Å². The van der Waals surface area contributed by atoms with Crippen LogP contribution in [-0.4, -0.2) is 53.0 Å². The number of hydrogen-bond donors (Lipinski definition) is 2. The summed E-state index contributed by atoms with van der Waals surface area (Å²) in [5, 5.41) is 4.52. The highest BCUT2D eigenvalue weighted by Crippen LogP contribution is 2.23. The van der Waals surface area contributed by atoms with Gasteiger partial charge in [0.25, 0.3) is 5.91 Å². The highest BCUT2D eigenvalue weighted by Gasteiger charge is 2.22. The molecule has 5 rings (SSSR count). The quantitative estimate of drug-likeness (QED) is 0.462. The normalized spacial score (nSPS) is 19.1. The largest absolute Gasteiger partial charge is 0.350 e. The third kappa shape index (κ3) is 5.83. The summed E-state index contributed by atoms with van der Waals surface area (Å²) >= 11 is 0. The Hall–Kier alpha value is -3.08. The maximum Gasteiger partial charge on any atom is 0.278 e. The average molecular weight is 497 g/mol. The SMILES string of the molecule is Cn1cc(CNCC2CCN(c3ncc(C(=O)NOC4CCCCO4)cn3)CC2)c2cc(F)ccc21. The third-order valence-corrected chi connectivity index (χ3v) is 7.00. The van der Waals surface area contributed by atoms with Gasteiger partial charge in [0.05, 0.1) is 5.56 Å². The van der Waals surface area contributed by atoms with Gasteiger partial charge in [0, 0.05) is 69.2 Å². The number of nitrogens with zero attached hydrogens (tertiary/aromatic N) is 4. The van der Waals surface area contributed by atoms with E-state index in [2.05, 4.69) is 31.9 Å². The van der Waals surface area contributed by atoms with E-state index in [1.807, 2.05) is 17.7 Å². The van der Waals surface area contributed by atoms with Crippen molar-refractivity contribution >= 4 is 22.8 Å². The number of piperidine rings is 1. The first-order chi connectivity index (χ1) is 17.6. The molecule has 3 aromatic rings. The van der Waals surface area contributed by atoms with E-state index in [0.717, 1.165) is 68.2 Å². The molecule has 10 heteroatoms. The Morgan fingerprint density at radius 3 is 2.75 bits per heavy atom. The summed E-state index contributed by atoms with van der Waals surface area (Å²) in [7, 11) is 1.99. The molecule has 0 bridgehead atoms. The summed E-state index contributed by atoms with van der Waals surface area (Å²) in [6.45, 7) is 3.99. The van der Waals surface area contributed by atoms with E-state index in [9.17, 15) is 9.18 Å². The number of anilines is 1. The predicted molar refractivity (Wildman–Crippen MR) is 134 cm³/mol. The van der Waals surface area contributed by atoms with Gasteiger partial charge in [0.2, 0.25) is 5.95 Å². The number of aryl methyl sites for hydroxylation is 1. The van der Waals surface area contributed by atoms with Crippen molar-refractivity contribution in [1.82, 2.24) is 25.3 Å². The molecule has 1 amide bonds. The molecule has 4 heterocycles. The second-order valence-electron chi connectivity index (χ2n) is 9.60. The number of aromatic nitrogens is 3. The third-order valence-electron chi connectivity index (χ3n) is 7.00. The summed E-state index contributed by atoms with van der Waals surface area (Å²) in [5.74, 6) is 0.597. The molecule has 1 atom stereocenters. The first-order valence-electron chi connectivity index (χ1n) is 12.7. The monoisotopic (exact) mass is 496 g/mol. The van der Waals surface area contributed by atoms with Crippen LogP contribution in [0.3, 0.4) is 0 Å². The van der Waals surface area contributed by atoms with E-state index in [1.54, 1.807) is 6.07 Å². The highest BCUT2D eigenvalue weighted by molar-refractivity contribution is 5.92. The van der Waals surface area contributed by atoms with Crippen LogP contribution in [-0.2, 0) is 23.2 Å². The number of nitrogens with one attached hydrogen (secondary N) is 2. The van der Waals surface area contributed by atoms with Crippen molar-refractivity contribution in [3.8, 4) is 0 Å². The fourth-order valence-corrected chi connectivity index (χ4v) is 4.92. The number of carbonyl (C=O) groups is 1. The molecule has 1 aromatic carbocycles. The van der Waals surface area contributed by atoms with Crippen molar-refractivity contribution in [3.05, 3.63) is 53.7 Å². The lowest BCUT2D eigenvalue weighted by atomic mass is 9.97. The van der Waals surface area contributed by atoms with Crippen LogP contribution < -0.4 is 15.7 Å². The van der Waals surface area contributed by atoms with Gasteiger partial charge in [0.1, 0.15) is 5.82 Å². The van der Waals surface area contributed by atoms with Crippen LogP contribution >= 0.6 is 0 Å². The van der Waals surface area contributed by atoms with Crippen molar-refractivity contribution in [1.29, 1.82) is 0 Å². The zero-order valence-electron chi connectivity index (χ0n) is 20.6. The molecular formula is C26H33FN6O3. The second-order valence-corrected chi connectivity index (χ2v) is 9.60. The molecule has 0 saturated carbocycles. The Morgan fingerprint density at radius 2 is 2.00 bits per heavy atom. The number of benzene rings is 1. The molecule has 2 aromatic heterocycles. The zero-order chi connectivity index (χ0) is 24.9. The summed E-state index contributed by atoms with van der Waals surface area (Å²) in [6.07, 6.45) is 9.60. The Morgan fingerprint density at radius 1 is 1.19 bits per heavy atom. The van der Waals surface area contributed by atoms with Crippen molar-refractivity contribution in [2.75, 3.05) is 31.1 Å². The van der Waals surface area contributed by atoms with E-state index in [0.29, 0.717) is 30.6 Å². The molecule has 192 valence electrons. The molecule has 0 radical (unpaired) electrons. The van der Waals surface area contributed by atoms with Gasteiger partial charge in [0.15, 0.2) is 6.29 Å². The topological polar surface area (TPSA) is 93.5 Å². The van der Waals surface area contributed by atoms with Crippen molar-refractivity contribution in [3.63, 3.8) is 0 Å². The van der Waals surface area contributed by atoms with Crippen LogP contribution in [0.1, 0.15) is 48.0 Å². The van der Waals surface area contributed by atoms with Gasteiger partial charge < -0.3 is 19.5 Å². The van der Waals surface area contributed by atoms with Gasteiger partial charge >= 0.3 is 0 Å². The van der Waals surface area contributed by atoms with Crippen LogP contribution in [0.5, 0.6) is 0 Å². The number of halogens is 1. The highest BCUT2D eigenvalue weighted by atomic mass is 19.1. The van der Waals surface area contributed by atoms with Gasteiger partial charge in [-0.2, -0.15) is 0 Å². The lowest BCUT2D eigenvalue weighted by Gasteiger charge is -2.32. The minimum atomic E-state index is -0.395. The second kappa shape index (κ2) is 11.3. The first kappa shape index (κ1) is 24.6. The number of hydroxylamine groups is 1. The Bertz CT molecular complexity index is 1170. The van der Waals surface area contributed by atoms with E-state index in [-0.39, 0.29) is 11.7 Å². The molecule has 2 aliphatic heterocycles. The molecule has 1 unspecified atom stereocenters. The fourth-order valence-electron chi connectivity index (χ4n) is 4.92. The number of hydrogen-bond acceptors (Lipinski definition) is 7. The van der Waals surface area contributed by atoms with Gasteiger partial charge in [-0.1, -0.05) is 0 Å². The number of carbonyl (C=O) groups excluding carboxylic acids is 1. The number of amides is 1. The van der Waals surface area contributed by atoms with Crippen molar-refractivity contribution in [2.24, 2.45) is 13.0 Å². The van der Waals surface area contributed by atoms with E-state index < -0.39 is 6.29 Å². The average Bonchev–Trinajstić information content (AvgIpc) is 3.22. The fraction of sp³-hybridized carbons (Fsp3) is 0.500. The molecule has 2 fully saturated rings. The summed E-state index contributed by atoms with van der Waals surface area (Å²) < 4.78 is 21.2. The molecule has 2 N–H and O–H groups in total. The molecule has 0 aliphatic carbocycles. The summed E-state index contributed by atoms with van der Waals surface area (Å²) in [6, 6.07) is 4.94.